The van der Waals surface area contributed by atoms with Gasteiger partial charge in [0.05, 0.1) is 12.5 Å². The average Bonchev–Trinajstić information content (AvgIpc) is 2.56. The summed E-state index contributed by atoms with van der Waals surface area (Å²) in [5.74, 6) is 0.746. The third kappa shape index (κ3) is 3.70. The van der Waals surface area contributed by atoms with Crippen molar-refractivity contribution in [1.29, 1.82) is 0 Å². The normalized spacial score (nSPS) is 10.7. The molecule has 3 heteroatoms. The Bertz CT molecular complexity index is 256. The summed E-state index contributed by atoms with van der Waals surface area (Å²) in [6.45, 7) is 5.68. The lowest BCUT2D eigenvalue weighted by Gasteiger charge is -2.15. The van der Waals surface area contributed by atoms with Crippen molar-refractivity contribution in [3.05, 3.63) is 36.3 Å². The molecule has 72 valence electrons. The molecule has 0 spiro atoms. The van der Waals surface area contributed by atoms with Crippen LogP contribution in [0.1, 0.15) is 5.56 Å². The maximum Gasteiger partial charge on any atom is 0.0947 e. The van der Waals surface area contributed by atoms with Crippen molar-refractivity contribution < 1.29 is 4.42 Å². The van der Waals surface area contributed by atoms with Crippen molar-refractivity contribution in [2.75, 3.05) is 19.3 Å². The number of hydrogen-bond donors (Lipinski definition) is 1. The molecule has 0 saturated carbocycles. The number of likely N-dealkylation sites (N-methyl/N-ethyl adjacent to an activating group) is 1. The van der Waals surface area contributed by atoms with Crippen LogP contribution in [0.4, 0.5) is 0 Å². The highest BCUT2D eigenvalue weighted by atomic mass is 32.1. The van der Waals surface area contributed by atoms with E-state index in [-0.39, 0.29) is 0 Å². The summed E-state index contributed by atoms with van der Waals surface area (Å²) in [5, 5.41) is 0. The summed E-state index contributed by atoms with van der Waals surface area (Å²) < 4.78 is 4.98. The molecule has 1 rings (SSSR count). The Morgan fingerprint density at radius 1 is 1.69 bits per heavy atom. The minimum absolute atomic E-state index is 0.746. The van der Waals surface area contributed by atoms with Gasteiger partial charge in [0, 0.05) is 24.4 Å². The topological polar surface area (TPSA) is 16.4 Å². The molecule has 0 aliphatic carbocycles. The molecule has 0 atom stereocenters. The van der Waals surface area contributed by atoms with E-state index in [1.165, 1.54) is 5.56 Å². The third-order valence-corrected chi connectivity index (χ3v) is 2.20. The molecule has 0 saturated heterocycles. The van der Waals surface area contributed by atoms with E-state index in [2.05, 4.69) is 31.2 Å². The fourth-order valence-electron chi connectivity index (χ4n) is 1.18. The maximum atomic E-state index is 4.98. The third-order valence-electron chi connectivity index (χ3n) is 1.75. The molecule has 1 aromatic rings. The van der Waals surface area contributed by atoms with Gasteiger partial charge < -0.3 is 4.42 Å². The fourth-order valence-corrected chi connectivity index (χ4v) is 1.28. The first kappa shape index (κ1) is 10.4. The molecule has 0 aromatic carbocycles. The van der Waals surface area contributed by atoms with Crippen LogP contribution in [0.25, 0.3) is 0 Å². The lowest BCUT2D eigenvalue weighted by molar-refractivity contribution is 0.354. The van der Waals surface area contributed by atoms with Crippen molar-refractivity contribution in [3.63, 3.8) is 0 Å². The van der Waals surface area contributed by atoms with Crippen molar-refractivity contribution in [3.8, 4) is 0 Å². The molecular weight excluding hydrogens is 182 g/mol. The van der Waals surface area contributed by atoms with Crippen molar-refractivity contribution in [2.24, 2.45) is 0 Å². The van der Waals surface area contributed by atoms with Crippen molar-refractivity contribution in [1.82, 2.24) is 4.90 Å². The standard InChI is InChI=1S/C10H15NOS/c1-9(8-13)5-11(2)6-10-3-4-12-7-10/h3-4,7,13H,1,5-6,8H2,2H3. The Hall–Kier alpha value is -0.670. The van der Waals surface area contributed by atoms with E-state index < -0.39 is 0 Å². The van der Waals surface area contributed by atoms with E-state index in [1.54, 1.807) is 12.5 Å². The maximum absolute atomic E-state index is 4.98. The van der Waals surface area contributed by atoms with E-state index in [4.69, 9.17) is 4.42 Å². The number of rotatable bonds is 5. The Morgan fingerprint density at radius 3 is 3.00 bits per heavy atom. The minimum atomic E-state index is 0.746. The lowest BCUT2D eigenvalue weighted by Crippen LogP contribution is -2.20. The summed E-state index contributed by atoms with van der Waals surface area (Å²) in [4.78, 5) is 2.18. The van der Waals surface area contributed by atoms with Gasteiger partial charge in [0.2, 0.25) is 0 Å². The molecule has 1 aromatic heterocycles. The SMILES string of the molecule is C=C(CS)CN(C)Cc1ccoc1. The van der Waals surface area contributed by atoms with Crippen LogP contribution in [-0.4, -0.2) is 24.2 Å². The monoisotopic (exact) mass is 197 g/mol. The molecule has 13 heavy (non-hydrogen) atoms. The summed E-state index contributed by atoms with van der Waals surface area (Å²) in [6.07, 6.45) is 3.45. The van der Waals surface area contributed by atoms with Gasteiger partial charge in [0.25, 0.3) is 0 Å². The van der Waals surface area contributed by atoms with E-state index in [0.717, 1.165) is 24.4 Å². The summed E-state index contributed by atoms with van der Waals surface area (Å²) in [6, 6.07) is 1.97. The predicted octanol–water partition coefficient (Wildman–Crippen LogP) is 2.20. The Kier molecular flexibility index (Phi) is 4.12. The molecular formula is C10H15NOS. The van der Waals surface area contributed by atoms with Crippen LogP contribution < -0.4 is 0 Å². The molecule has 2 nitrogen and oxygen atoms in total. The van der Waals surface area contributed by atoms with Gasteiger partial charge in [-0.25, -0.2) is 0 Å². The zero-order chi connectivity index (χ0) is 9.68. The van der Waals surface area contributed by atoms with Crippen LogP contribution in [0.3, 0.4) is 0 Å². The van der Waals surface area contributed by atoms with E-state index in [0.29, 0.717) is 0 Å². The second kappa shape index (κ2) is 5.14. The molecule has 0 fully saturated rings. The highest BCUT2D eigenvalue weighted by Crippen LogP contribution is 2.05. The predicted molar refractivity (Wildman–Crippen MR) is 58.0 cm³/mol. The molecule has 0 aliphatic heterocycles. The zero-order valence-corrected chi connectivity index (χ0v) is 8.76. The van der Waals surface area contributed by atoms with E-state index in [9.17, 15) is 0 Å². The first-order valence-corrected chi connectivity index (χ1v) is 4.82. The van der Waals surface area contributed by atoms with Gasteiger partial charge in [-0.2, -0.15) is 12.6 Å². The van der Waals surface area contributed by atoms with Crippen LogP contribution in [-0.2, 0) is 6.54 Å². The first-order chi connectivity index (χ1) is 6.22. The van der Waals surface area contributed by atoms with E-state index >= 15 is 0 Å². The number of hydrogen-bond acceptors (Lipinski definition) is 3. The van der Waals surface area contributed by atoms with Crippen LogP contribution in [0.2, 0.25) is 0 Å². The van der Waals surface area contributed by atoms with Crippen LogP contribution in [0.5, 0.6) is 0 Å². The smallest absolute Gasteiger partial charge is 0.0947 e. The minimum Gasteiger partial charge on any atom is -0.472 e. The Morgan fingerprint density at radius 2 is 2.46 bits per heavy atom. The number of thiol groups is 1. The molecule has 0 N–H and O–H groups in total. The number of furan rings is 1. The highest BCUT2D eigenvalue weighted by Gasteiger charge is 2.02. The molecule has 1 heterocycles. The zero-order valence-electron chi connectivity index (χ0n) is 7.86. The second-order valence-corrected chi connectivity index (χ2v) is 3.53. The molecule has 0 amide bonds. The number of nitrogens with zero attached hydrogens (tertiary/aromatic N) is 1. The first-order valence-electron chi connectivity index (χ1n) is 4.19. The van der Waals surface area contributed by atoms with E-state index in [1.807, 2.05) is 6.07 Å². The highest BCUT2D eigenvalue weighted by molar-refractivity contribution is 7.80. The van der Waals surface area contributed by atoms with Gasteiger partial charge >= 0.3 is 0 Å². The van der Waals surface area contributed by atoms with Crippen LogP contribution in [0.15, 0.2) is 35.2 Å². The largest absolute Gasteiger partial charge is 0.472 e. The summed E-state index contributed by atoms with van der Waals surface area (Å²) >= 11 is 4.16. The van der Waals surface area contributed by atoms with Gasteiger partial charge in [0.1, 0.15) is 0 Å². The van der Waals surface area contributed by atoms with Gasteiger partial charge in [-0.15, -0.1) is 0 Å². The summed E-state index contributed by atoms with van der Waals surface area (Å²) in [7, 11) is 2.06. The van der Waals surface area contributed by atoms with Gasteiger partial charge in [-0.3, -0.25) is 4.90 Å². The van der Waals surface area contributed by atoms with Gasteiger partial charge in [-0.1, -0.05) is 12.2 Å². The van der Waals surface area contributed by atoms with Crippen molar-refractivity contribution in [2.45, 2.75) is 6.54 Å². The molecule has 0 aliphatic rings. The summed E-state index contributed by atoms with van der Waals surface area (Å²) in [5.41, 5.74) is 2.32. The Labute approximate surface area is 84.6 Å². The Balaban J connectivity index is 2.33. The lowest BCUT2D eigenvalue weighted by atomic mass is 10.3. The van der Waals surface area contributed by atoms with Gasteiger partial charge in [-0.05, 0) is 13.1 Å². The molecule has 0 radical (unpaired) electrons. The fraction of sp³-hybridized carbons (Fsp3) is 0.400. The average molecular weight is 197 g/mol. The van der Waals surface area contributed by atoms with Gasteiger partial charge in [0.15, 0.2) is 0 Å². The van der Waals surface area contributed by atoms with Crippen molar-refractivity contribution >= 4 is 12.6 Å². The molecule has 0 unspecified atom stereocenters. The van der Waals surface area contributed by atoms with Crippen LogP contribution >= 0.6 is 12.6 Å². The van der Waals surface area contributed by atoms with Crippen LogP contribution in [0, 0.1) is 0 Å². The second-order valence-electron chi connectivity index (χ2n) is 3.21. The molecule has 0 bridgehead atoms. The quantitative estimate of drug-likeness (QED) is 0.575.